The Morgan fingerprint density at radius 2 is 0.800 bits per heavy atom. The quantitative estimate of drug-likeness (QED) is 0.229. The van der Waals surface area contributed by atoms with Gasteiger partial charge in [-0.15, -0.1) is 0 Å². The fraction of sp³-hybridized carbons (Fsp3) is 1.00. The Labute approximate surface area is 159 Å². The van der Waals surface area contributed by atoms with Gasteiger partial charge in [-0.05, 0) is 37.0 Å². The van der Waals surface area contributed by atoms with E-state index in [4.69, 9.17) is 13.6 Å². The van der Waals surface area contributed by atoms with Crippen molar-refractivity contribution in [2.24, 2.45) is 17.8 Å². The molecular formula is C21H45O3P. The Balaban J connectivity index is 4.51. The molecule has 0 bridgehead atoms. The fourth-order valence-electron chi connectivity index (χ4n) is 3.05. The van der Waals surface area contributed by atoms with E-state index in [1.54, 1.807) is 0 Å². The Hall–Kier alpha value is 0.310. The van der Waals surface area contributed by atoms with E-state index in [0.29, 0.717) is 17.8 Å². The summed E-state index contributed by atoms with van der Waals surface area (Å²) in [6, 6.07) is 0. The average molecular weight is 377 g/mol. The summed E-state index contributed by atoms with van der Waals surface area (Å²) in [7, 11) is -1.21. The van der Waals surface area contributed by atoms with Crippen LogP contribution in [0, 0.1) is 17.8 Å². The third-order valence-corrected chi connectivity index (χ3v) is 6.15. The molecule has 0 radical (unpaired) electrons. The van der Waals surface area contributed by atoms with E-state index < -0.39 is 8.60 Å². The molecular weight excluding hydrogens is 331 g/mol. The van der Waals surface area contributed by atoms with Crippen molar-refractivity contribution in [1.82, 2.24) is 0 Å². The van der Waals surface area contributed by atoms with Gasteiger partial charge in [-0.3, -0.25) is 0 Å². The van der Waals surface area contributed by atoms with Crippen molar-refractivity contribution in [3.05, 3.63) is 0 Å². The third-order valence-electron chi connectivity index (χ3n) is 5.07. The highest BCUT2D eigenvalue weighted by Gasteiger charge is 2.19. The van der Waals surface area contributed by atoms with Gasteiger partial charge in [0, 0.05) is 0 Å². The normalized spacial score (nSPS) is 16.6. The van der Waals surface area contributed by atoms with E-state index in [2.05, 4.69) is 41.5 Å². The molecule has 0 aromatic rings. The molecule has 0 aliphatic rings. The molecule has 0 spiro atoms. The van der Waals surface area contributed by atoms with E-state index >= 15 is 0 Å². The predicted octanol–water partition coefficient (Wildman–Crippen LogP) is 7.74. The van der Waals surface area contributed by atoms with Gasteiger partial charge in [0.05, 0.1) is 19.8 Å². The molecule has 25 heavy (non-hydrogen) atoms. The van der Waals surface area contributed by atoms with Crippen LogP contribution < -0.4 is 0 Å². The molecule has 4 heteroatoms. The van der Waals surface area contributed by atoms with E-state index in [9.17, 15) is 0 Å². The van der Waals surface area contributed by atoms with Gasteiger partial charge in [0.2, 0.25) is 0 Å². The molecule has 0 saturated heterocycles. The lowest BCUT2D eigenvalue weighted by Crippen LogP contribution is -2.13. The van der Waals surface area contributed by atoms with E-state index in [0.717, 1.165) is 39.1 Å². The molecule has 0 amide bonds. The summed E-state index contributed by atoms with van der Waals surface area (Å²) in [6.45, 7) is 15.8. The second kappa shape index (κ2) is 17.7. The standard InChI is InChI=1S/C21H45O3P/c1-7-13-19(10-4)16-22-25(23-17-20(11-5)14-8-2)24-18-21(12-6)15-9-3/h19-21H,7-18H2,1-6H3. The van der Waals surface area contributed by atoms with Gasteiger partial charge < -0.3 is 13.6 Å². The van der Waals surface area contributed by atoms with Crippen LogP contribution in [-0.4, -0.2) is 19.8 Å². The first-order chi connectivity index (χ1) is 12.1. The Morgan fingerprint density at radius 3 is 1.00 bits per heavy atom. The molecule has 0 aromatic heterocycles. The van der Waals surface area contributed by atoms with Crippen molar-refractivity contribution < 1.29 is 13.6 Å². The maximum absolute atomic E-state index is 6.11. The molecule has 3 nitrogen and oxygen atoms in total. The average Bonchev–Trinajstić information content (AvgIpc) is 2.63. The zero-order chi connectivity index (χ0) is 18.9. The third kappa shape index (κ3) is 13.2. The lowest BCUT2D eigenvalue weighted by atomic mass is 10.0. The van der Waals surface area contributed by atoms with Crippen LogP contribution in [0.2, 0.25) is 0 Å². The number of hydrogen-bond donors (Lipinski definition) is 0. The highest BCUT2D eigenvalue weighted by Crippen LogP contribution is 2.42. The monoisotopic (exact) mass is 376 g/mol. The van der Waals surface area contributed by atoms with Crippen LogP contribution in [0.5, 0.6) is 0 Å². The largest absolute Gasteiger partial charge is 0.332 e. The summed E-state index contributed by atoms with van der Waals surface area (Å²) in [5.74, 6) is 1.87. The maximum Gasteiger partial charge on any atom is 0.332 e. The van der Waals surface area contributed by atoms with Crippen LogP contribution in [0.15, 0.2) is 0 Å². The van der Waals surface area contributed by atoms with Crippen molar-refractivity contribution in [3.8, 4) is 0 Å². The first-order valence-electron chi connectivity index (χ1n) is 10.8. The van der Waals surface area contributed by atoms with Crippen LogP contribution in [0.4, 0.5) is 0 Å². The second-order valence-corrected chi connectivity index (χ2v) is 8.52. The molecule has 0 rings (SSSR count). The minimum absolute atomic E-state index is 0.623. The van der Waals surface area contributed by atoms with Crippen molar-refractivity contribution in [2.45, 2.75) is 99.3 Å². The highest BCUT2D eigenvalue weighted by molar-refractivity contribution is 7.41. The molecule has 0 saturated carbocycles. The van der Waals surface area contributed by atoms with E-state index in [1.165, 1.54) is 38.5 Å². The molecule has 0 fully saturated rings. The summed E-state index contributed by atoms with van der Waals surface area (Å²) in [5, 5.41) is 0. The molecule has 3 unspecified atom stereocenters. The molecule has 0 aliphatic carbocycles. The van der Waals surface area contributed by atoms with Crippen molar-refractivity contribution in [2.75, 3.05) is 19.8 Å². The summed E-state index contributed by atoms with van der Waals surface area (Å²) in [6.07, 6.45) is 10.8. The van der Waals surface area contributed by atoms with Gasteiger partial charge >= 0.3 is 8.60 Å². The lowest BCUT2D eigenvalue weighted by molar-refractivity contribution is 0.110. The first kappa shape index (κ1) is 25.3. The lowest BCUT2D eigenvalue weighted by Gasteiger charge is -2.24. The smallest absolute Gasteiger partial charge is 0.312 e. The van der Waals surface area contributed by atoms with Crippen LogP contribution >= 0.6 is 8.60 Å². The highest BCUT2D eigenvalue weighted by atomic mass is 31.2. The molecule has 0 aliphatic heterocycles. The van der Waals surface area contributed by atoms with Crippen LogP contribution in [0.1, 0.15) is 99.3 Å². The van der Waals surface area contributed by atoms with E-state index in [-0.39, 0.29) is 0 Å². The summed E-state index contributed by atoms with van der Waals surface area (Å²) >= 11 is 0. The van der Waals surface area contributed by atoms with Crippen molar-refractivity contribution in [1.29, 1.82) is 0 Å². The second-order valence-electron chi connectivity index (χ2n) is 7.30. The van der Waals surface area contributed by atoms with Gasteiger partial charge in [0.15, 0.2) is 0 Å². The molecule has 3 atom stereocenters. The first-order valence-corrected chi connectivity index (χ1v) is 11.9. The Kier molecular flexibility index (Phi) is 17.9. The van der Waals surface area contributed by atoms with Crippen molar-refractivity contribution in [3.63, 3.8) is 0 Å². The minimum Gasteiger partial charge on any atom is -0.312 e. The van der Waals surface area contributed by atoms with Gasteiger partial charge in [-0.2, -0.15) is 0 Å². The SMILES string of the molecule is CCCC(CC)COP(OCC(CC)CCC)OCC(CC)CCC. The minimum atomic E-state index is -1.21. The molecule has 152 valence electrons. The van der Waals surface area contributed by atoms with Crippen molar-refractivity contribution >= 4 is 8.60 Å². The summed E-state index contributed by atoms with van der Waals surface area (Å²) in [4.78, 5) is 0. The zero-order valence-corrected chi connectivity index (χ0v) is 18.8. The summed E-state index contributed by atoms with van der Waals surface area (Å²) in [5.41, 5.74) is 0. The number of rotatable bonds is 18. The maximum atomic E-state index is 6.11. The van der Waals surface area contributed by atoms with Gasteiger partial charge in [0.1, 0.15) is 0 Å². The van der Waals surface area contributed by atoms with Crippen LogP contribution in [-0.2, 0) is 13.6 Å². The Bertz CT molecular complexity index is 233. The fourth-order valence-corrected chi connectivity index (χ4v) is 4.27. The van der Waals surface area contributed by atoms with Gasteiger partial charge in [-0.25, -0.2) is 0 Å². The van der Waals surface area contributed by atoms with Crippen LogP contribution in [0.3, 0.4) is 0 Å². The zero-order valence-electron chi connectivity index (χ0n) is 17.9. The van der Waals surface area contributed by atoms with E-state index in [1.807, 2.05) is 0 Å². The Morgan fingerprint density at radius 1 is 0.520 bits per heavy atom. The molecule has 0 aromatic carbocycles. The topological polar surface area (TPSA) is 27.7 Å². The van der Waals surface area contributed by atoms with Gasteiger partial charge in [-0.1, -0.05) is 80.1 Å². The number of hydrogen-bond acceptors (Lipinski definition) is 3. The summed E-state index contributed by atoms with van der Waals surface area (Å²) < 4.78 is 18.3. The van der Waals surface area contributed by atoms with Crippen LogP contribution in [0.25, 0.3) is 0 Å². The molecule has 0 N–H and O–H groups in total. The van der Waals surface area contributed by atoms with Gasteiger partial charge in [0.25, 0.3) is 0 Å². The predicted molar refractivity (Wildman–Crippen MR) is 111 cm³/mol. The molecule has 0 heterocycles.